The lowest BCUT2D eigenvalue weighted by atomic mass is 10.1. The Bertz CT molecular complexity index is 1000. The summed E-state index contributed by atoms with van der Waals surface area (Å²) in [5, 5.41) is 6.86. The topological polar surface area (TPSA) is 93.0 Å². The molecule has 0 spiro atoms. The summed E-state index contributed by atoms with van der Waals surface area (Å²) in [7, 11) is 1.83. The van der Waals surface area contributed by atoms with Crippen LogP contribution < -0.4 is 5.32 Å². The molecule has 2 aromatic heterocycles. The maximum absolute atomic E-state index is 12.6. The van der Waals surface area contributed by atoms with Gasteiger partial charge in [0, 0.05) is 44.5 Å². The highest BCUT2D eigenvalue weighted by molar-refractivity contribution is 5.96. The van der Waals surface area contributed by atoms with Crippen LogP contribution in [0.15, 0.2) is 55.0 Å². The number of likely N-dealkylation sites (tertiary alicyclic amines) is 1. The molecule has 0 aliphatic carbocycles. The monoisotopic (exact) mass is 376 g/mol. The number of benzene rings is 1. The van der Waals surface area contributed by atoms with Crippen LogP contribution in [-0.4, -0.2) is 43.0 Å². The maximum atomic E-state index is 12.6. The van der Waals surface area contributed by atoms with Crippen molar-refractivity contribution in [1.82, 2.24) is 24.6 Å². The number of carbonyl (C=O) groups excluding carboxylic acids is 2. The van der Waals surface area contributed by atoms with Crippen LogP contribution in [-0.2, 0) is 23.2 Å². The normalized spacial score (nSPS) is 16.4. The highest BCUT2D eigenvalue weighted by Crippen LogP contribution is 2.22. The third kappa shape index (κ3) is 3.90. The van der Waals surface area contributed by atoms with E-state index < -0.39 is 5.92 Å². The molecule has 3 heterocycles. The van der Waals surface area contributed by atoms with Crippen LogP contribution in [0.4, 0.5) is 5.95 Å². The summed E-state index contributed by atoms with van der Waals surface area (Å²) in [5.41, 5.74) is 2.56. The zero-order valence-corrected chi connectivity index (χ0v) is 15.4. The Kier molecular flexibility index (Phi) is 4.84. The Balaban J connectivity index is 1.41. The molecule has 142 valence electrons. The van der Waals surface area contributed by atoms with Crippen molar-refractivity contribution in [2.45, 2.75) is 13.0 Å². The SMILES string of the molecule is Cn1cc(-c2ccnc(NC(=O)[C@@H]3CC(=O)N(Cc4ccccc4)C3)n2)cn1. The Hall–Kier alpha value is -3.55. The van der Waals surface area contributed by atoms with Gasteiger partial charge in [0.1, 0.15) is 0 Å². The van der Waals surface area contributed by atoms with Gasteiger partial charge in [0.15, 0.2) is 0 Å². The van der Waals surface area contributed by atoms with Crippen LogP contribution in [0.5, 0.6) is 0 Å². The summed E-state index contributed by atoms with van der Waals surface area (Å²) in [4.78, 5) is 35.1. The molecular formula is C20H20N6O2. The molecule has 1 aromatic carbocycles. The van der Waals surface area contributed by atoms with Gasteiger partial charge in [0.25, 0.3) is 0 Å². The number of hydrogen-bond acceptors (Lipinski definition) is 5. The number of hydrogen-bond donors (Lipinski definition) is 1. The van der Waals surface area contributed by atoms with Crippen LogP contribution in [0.3, 0.4) is 0 Å². The molecule has 1 atom stereocenters. The quantitative estimate of drug-likeness (QED) is 0.734. The average Bonchev–Trinajstić information content (AvgIpc) is 3.29. The standard InChI is InChI=1S/C20H20N6O2/c1-25-12-16(10-22-25)17-7-8-21-20(23-17)24-19(28)15-9-18(27)26(13-15)11-14-5-3-2-4-6-14/h2-8,10,12,15H,9,11,13H2,1H3,(H,21,23,24,28)/t15-/m1/s1. The molecule has 0 bridgehead atoms. The van der Waals surface area contributed by atoms with Crippen LogP contribution >= 0.6 is 0 Å². The molecule has 28 heavy (non-hydrogen) atoms. The predicted molar refractivity (Wildman–Crippen MR) is 103 cm³/mol. The third-order valence-corrected chi connectivity index (χ3v) is 4.69. The zero-order chi connectivity index (χ0) is 19.5. The van der Waals surface area contributed by atoms with Gasteiger partial charge in [-0.15, -0.1) is 0 Å². The molecule has 1 saturated heterocycles. The van der Waals surface area contributed by atoms with Crippen molar-refractivity contribution in [3.8, 4) is 11.3 Å². The molecule has 4 rings (SSSR count). The van der Waals surface area contributed by atoms with E-state index in [1.54, 1.807) is 28.0 Å². The minimum absolute atomic E-state index is 0.0194. The first-order valence-electron chi connectivity index (χ1n) is 9.03. The van der Waals surface area contributed by atoms with E-state index in [0.29, 0.717) is 18.8 Å². The van der Waals surface area contributed by atoms with Crippen LogP contribution in [0.1, 0.15) is 12.0 Å². The molecule has 1 fully saturated rings. The van der Waals surface area contributed by atoms with Crippen LogP contribution in [0.2, 0.25) is 0 Å². The first kappa shape index (κ1) is 17.8. The molecule has 1 aliphatic heterocycles. The van der Waals surface area contributed by atoms with Gasteiger partial charge in [-0.05, 0) is 11.6 Å². The summed E-state index contributed by atoms with van der Waals surface area (Å²) in [6.45, 7) is 0.901. The summed E-state index contributed by atoms with van der Waals surface area (Å²) in [5.74, 6) is -0.455. The van der Waals surface area contributed by atoms with Crippen molar-refractivity contribution in [3.63, 3.8) is 0 Å². The van der Waals surface area contributed by atoms with E-state index in [0.717, 1.165) is 11.1 Å². The molecule has 8 heteroatoms. The Morgan fingerprint density at radius 2 is 2.07 bits per heavy atom. The summed E-state index contributed by atoms with van der Waals surface area (Å²) >= 11 is 0. The predicted octanol–water partition coefficient (Wildman–Crippen LogP) is 1.86. The lowest BCUT2D eigenvalue weighted by molar-refractivity contribution is -0.128. The second-order valence-electron chi connectivity index (χ2n) is 6.82. The number of carbonyl (C=O) groups is 2. The molecule has 2 amide bonds. The van der Waals surface area contributed by atoms with E-state index in [9.17, 15) is 9.59 Å². The van der Waals surface area contributed by atoms with E-state index in [4.69, 9.17) is 0 Å². The van der Waals surface area contributed by atoms with Gasteiger partial charge < -0.3 is 4.90 Å². The first-order chi connectivity index (χ1) is 13.6. The number of nitrogens with zero attached hydrogens (tertiary/aromatic N) is 5. The highest BCUT2D eigenvalue weighted by Gasteiger charge is 2.34. The molecular weight excluding hydrogens is 356 g/mol. The van der Waals surface area contributed by atoms with E-state index in [-0.39, 0.29) is 24.2 Å². The van der Waals surface area contributed by atoms with E-state index in [1.165, 1.54) is 0 Å². The van der Waals surface area contributed by atoms with Crippen LogP contribution in [0.25, 0.3) is 11.3 Å². The van der Waals surface area contributed by atoms with Crippen molar-refractivity contribution in [2.24, 2.45) is 13.0 Å². The zero-order valence-electron chi connectivity index (χ0n) is 15.4. The van der Waals surface area contributed by atoms with Crippen molar-refractivity contribution in [2.75, 3.05) is 11.9 Å². The second kappa shape index (κ2) is 7.59. The van der Waals surface area contributed by atoms with Gasteiger partial charge in [0.05, 0.1) is 17.8 Å². The Morgan fingerprint density at radius 1 is 1.25 bits per heavy atom. The highest BCUT2D eigenvalue weighted by atomic mass is 16.2. The number of aromatic nitrogens is 4. The summed E-state index contributed by atoms with van der Waals surface area (Å²) < 4.78 is 1.68. The molecule has 0 radical (unpaired) electrons. The molecule has 1 N–H and O–H groups in total. The lowest BCUT2D eigenvalue weighted by Gasteiger charge is -2.16. The van der Waals surface area contributed by atoms with Crippen molar-refractivity contribution in [3.05, 3.63) is 60.6 Å². The third-order valence-electron chi connectivity index (χ3n) is 4.69. The Morgan fingerprint density at radius 3 is 2.82 bits per heavy atom. The molecule has 0 unspecified atom stereocenters. The molecule has 8 nitrogen and oxygen atoms in total. The minimum Gasteiger partial charge on any atom is -0.338 e. The summed E-state index contributed by atoms with van der Waals surface area (Å²) in [6, 6.07) is 11.5. The van der Waals surface area contributed by atoms with E-state index in [1.807, 2.05) is 43.6 Å². The molecule has 3 aromatic rings. The first-order valence-corrected chi connectivity index (χ1v) is 9.03. The van der Waals surface area contributed by atoms with Crippen LogP contribution in [0, 0.1) is 5.92 Å². The van der Waals surface area contributed by atoms with Gasteiger partial charge in [0.2, 0.25) is 17.8 Å². The Labute approximate surface area is 162 Å². The lowest BCUT2D eigenvalue weighted by Crippen LogP contribution is -2.28. The fourth-order valence-corrected chi connectivity index (χ4v) is 3.25. The number of aryl methyl sites for hydroxylation is 1. The van der Waals surface area contributed by atoms with Crippen molar-refractivity contribution >= 4 is 17.8 Å². The largest absolute Gasteiger partial charge is 0.338 e. The average molecular weight is 376 g/mol. The minimum atomic E-state index is -0.415. The van der Waals surface area contributed by atoms with E-state index >= 15 is 0 Å². The fraction of sp³-hybridized carbons (Fsp3) is 0.250. The van der Waals surface area contributed by atoms with Gasteiger partial charge in [-0.2, -0.15) is 5.10 Å². The second-order valence-corrected chi connectivity index (χ2v) is 6.82. The number of anilines is 1. The van der Waals surface area contributed by atoms with Gasteiger partial charge >= 0.3 is 0 Å². The van der Waals surface area contributed by atoms with Gasteiger partial charge in [-0.25, -0.2) is 9.97 Å². The van der Waals surface area contributed by atoms with Gasteiger partial charge in [-0.3, -0.25) is 19.6 Å². The number of rotatable bonds is 5. The molecule has 0 saturated carbocycles. The maximum Gasteiger partial charge on any atom is 0.232 e. The summed E-state index contributed by atoms with van der Waals surface area (Å²) in [6.07, 6.45) is 5.32. The number of nitrogens with one attached hydrogen (secondary N) is 1. The number of amides is 2. The van der Waals surface area contributed by atoms with Gasteiger partial charge in [-0.1, -0.05) is 30.3 Å². The molecule has 1 aliphatic rings. The van der Waals surface area contributed by atoms with E-state index in [2.05, 4.69) is 20.4 Å². The van der Waals surface area contributed by atoms with Crippen molar-refractivity contribution in [1.29, 1.82) is 0 Å². The fourth-order valence-electron chi connectivity index (χ4n) is 3.25. The van der Waals surface area contributed by atoms with Crippen molar-refractivity contribution < 1.29 is 9.59 Å². The smallest absolute Gasteiger partial charge is 0.232 e.